The minimum absolute atomic E-state index is 0.152. The molecule has 0 atom stereocenters. The van der Waals surface area contributed by atoms with Crippen LogP contribution in [0.2, 0.25) is 0 Å². The van der Waals surface area contributed by atoms with Crippen LogP contribution in [-0.4, -0.2) is 94.5 Å². The molecule has 0 aromatic heterocycles. The Hall–Kier alpha value is -4.39. The minimum atomic E-state index is -0.152. The molecule has 0 unspecified atom stereocenters. The van der Waals surface area contributed by atoms with Gasteiger partial charge in [0.05, 0.1) is 72.8 Å². The summed E-state index contributed by atoms with van der Waals surface area (Å²) in [7, 11) is 13.6. The topological polar surface area (TPSA) is 24.7 Å². The number of nitrogens with zero attached hydrogens (tertiary/aromatic N) is 4. The average Bonchev–Trinajstić information content (AvgIpc) is 3.44. The van der Waals surface area contributed by atoms with E-state index in [1.165, 1.54) is 39.5 Å². The highest BCUT2D eigenvalue weighted by Gasteiger charge is 2.44. The van der Waals surface area contributed by atoms with Crippen LogP contribution in [0.5, 0.6) is 0 Å². The number of anilines is 1. The minimum Gasteiger partial charge on any atom is -0.457 e. The van der Waals surface area contributed by atoms with Crippen molar-refractivity contribution >= 4 is 22.7 Å². The lowest BCUT2D eigenvalue weighted by molar-refractivity contribution is -0.871. The number of hydrogen-bond acceptors (Lipinski definition) is 3. The predicted molar refractivity (Wildman–Crippen MR) is 222 cm³/mol. The number of aryl methyl sites for hydroxylation is 1. The van der Waals surface area contributed by atoms with Gasteiger partial charge in [-0.1, -0.05) is 80.1 Å². The van der Waals surface area contributed by atoms with Gasteiger partial charge in [-0.05, 0) is 56.2 Å². The van der Waals surface area contributed by atoms with E-state index in [1.807, 2.05) is 0 Å². The third-order valence-corrected chi connectivity index (χ3v) is 11.1. The van der Waals surface area contributed by atoms with E-state index in [0.717, 1.165) is 70.6 Å². The van der Waals surface area contributed by atoms with Crippen molar-refractivity contribution in [1.29, 1.82) is 0 Å². The van der Waals surface area contributed by atoms with Crippen LogP contribution in [0.25, 0.3) is 5.57 Å². The molecule has 0 saturated heterocycles. The van der Waals surface area contributed by atoms with Crippen LogP contribution in [0, 0.1) is 6.92 Å². The van der Waals surface area contributed by atoms with Crippen molar-refractivity contribution in [2.45, 2.75) is 58.3 Å². The Labute approximate surface area is 319 Å². The highest BCUT2D eigenvalue weighted by Crippen LogP contribution is 2.48. The van der Waals surface area contributed by atoms with Gasteiger partial charge >= 0.3 is 0 Å². The highest BCUT2D eigenvalue weighted by atomic mass is 16.7. The zero-order chi connectivity index (χ0) is 38.2. The lowest BCUT2D eigenvalue weighted by atomic mass is 9.81. The molecular formula is C47H63N4O2+3. The molecule has 0 fully saturated rings. The van der Waals surface area contributed by atoms with Crippen LogP contribution in [-0.2, 0) is 20.3 Å². The van der Waals surface area contributed by atoms with Crippen molar-refractivity contribution in [2.24, 2.45) is 0 Å². The van der Waals surface area contributed by atoms with E-state index in [0.29, 0.717) is 0 Å². The Kier molecular flexibility index (Phi) is 10.7. The molecule has 53 heavy (non-hydrogen) atoms. The number of ether oxygens (including phenoxy) is 2. The number of para-hydroxylation sites is 2. The molecule has 3 aliphatic heterocycles. The van der Waals surface area contributed by atoms with E-state index >= 15 is 0 Å². The maximum absolute atomic E-state index is 6.40. The zero-order valence-electron chi connectivity index (χ0n) is 34.3. The van der Waals surface area contributed by atoms with Gasteiger partial charge in [0.15, 0.2) is 12.3 Å². The number of allylic oxidation sites excluding steroid dienone is 6. The van der Waals surface area contributed by atoms with Gasteiger partial charge in [0, 0.05) is 47.5 Å². The summed E-state index contributed by atoms with van der Waals surface area (Å²) >= 11 is 0. The van der Waals surface area contributed by atoms with Crippen molar-refractivity contribution in [3.05, 3.63) is 137 Å². The Balaban J connectivity index is 1.43. The van der Waals surface area contributed by atoms with E-state index in [4.69, 9.17) is 9.47 Å². The molecule has 6 nitrogen and oxygen atoms in total. The molecule has 3 heterocycles. The first-order valence-corrected chi connectivity index (χ1v) is 19.4. The molecule has 3 aromatic rings. The van der Waals surface area contributed by atoms with E-state index < -0.39 is 0 Å². The molecule has 0 bridgehead atoms. The molecule has 280 valence electrons. The van der Waals surface area contributed by atoms with Crippen molar-refractivity contribution in [3.63, 3.8) is 0 Å². The average molecular weight is 716 g/mol. The summed E-state index contributed by atoms with van der Waals surface area (Å²) < 4.78 is 17.2. The van der Waals surface area contributed by atoms with Crippen LogP contribution in [0.1, 0.15) is 62.8 Å². The Morgan fingerprint density at radius 3 is 2.06 bits per heavy atom. The Morgan fingerprint density at radius 2 is 1.36 bits per heavy atom. The fraction of sp³-hybridized carbons (Fsp3) is 0.426. The molecular weight excluding hydrogens is 653 g/mol. The van der Waals surface area contributed by atoms with Crippen molar-refractivity contribution in [1.82, 2.24) is 0 Å². The molecule has 6 heteroatoms. The third-order valence-electron chi connectivity index (χ3n) is 11.1. The summed E-state index contributed by atoms with van der Waals surface area (Å²) in [5.74, 6) is 1.65. The van der Waals surface area contributed by atoms with Crippen LogP contribution < -0.4 is 4.90 Å². The maximum atomic E-state index is 6.40. The summed E-state index contributed by atoms with van der Waals surface area (Å²) in [5.41, 5.74) is 10.9. The van der Waals surface area contributed by atoms with Gasteiger partial charge < -0.3 is 23.3 Å². The third kappa shape index (κ3) is 8.24. The van der Waals surface area contributed by atoms with Crippen LogP contribution >= 0.6 is 0 Å². The lowest BCUT2D eigenvalue weighted by Crippen LogP contribution is -2.37. The first-order chi connectivity index (χ1) is 25.0. The first kappa shape index (κ1) is 38.3. The first-order valence-electron chi connectivity index (χ1n) is 19.4. The summed E-state index contributed by atoms with van der Waals surface area (Å²) in [4.78, 5) is 2.53. The number of benzene rings is 3. The molecule has 0 N–H and O–H groups in total. The van der Waals surface area contributed by atoms with Gasteiger partial charge in [0.2, 0.25) is 12.5 Å². The van der Waals surface area contributed by atoms with E-state index in [1.54, 1.807) is 0 Å². The van der Waals surface area contributed by atoms with Crippen LogP contribution in [0.3, 0.4) is 0 Å². The molecule has 3 aliphatic rings. The molecule has 3 aromatic carbocycles. The number of rotatable bonds is 12. The summed E-state index contributed by atoms with van der Waals surface area (Å²) in [6.07, 6.45) is 11.1. The monoisotopic (exact) mass is 715 g/mol. The van der Waals surface area contributed by atoms with Gasteiger partial charge in [-0.2, -0.15) is 4.58 Å². The SMILES string of the molecule is Cc1ccc(C2=C(/C=C/C3=[N+](CCC[N+](C)(C)C)c4ccccc4C3(C)C)OCO/C2=C\C=C2\N(CCC[N+](C)(C)C)c3ccccc3C2(C)C)cc1. The quantitative estimate of drug-likeness (QED) is 0.138. The molecule has 0 saturated carbocycles. The molecule has 0 amide bonds. The molecule has 6 rings (SSSR count). The smallest absolute Gasteiger partial charge is 0.230 e. The highest BCUT2D eigenvalue weighted by molar-refractivity contribution is 6.03. The molecule has 0 aliphatic carbocycles. The van der Waals surface area contributed by atoms with Crippen molar-refractivity contribution in [3.8, 4) is 0 Å². The Morgan fingerprint density at radius 1 is 0.717 bits per heavy atom. The maximum Gasteiger partial charge on any atom is 0.230 e. The second-order valence-electron chi connectivity index (χ2n) is 18.1. The summed E-state index contributed by atoms with van der Waals surface area (Å²) in [5, 5.41) is 0. The van der Waals surface area contributed by atoms with Gasteiger partial charge in [0.1, 0.15) is 11.5 Å². The molecule has 0 radical (unpaired) electrons. The van der Waals surface area contributed by atoms with Gasteiger partial charge in [-0.15, -0.1) is 0 Å². The number of quaternary nitrogens is 2. The van der Waals surface area contributed by atoms with Gasteiger partial charge in [-0.25, -0.2) is 0 Å². The predicted octanol–water partition coefficient (Wildman–Crippen LogP) is 9.10. The van der Waals surface area contributed by atoms with Crippen molar-refractivity contribution < 1.29 is 23.0 Å². The molecule has 0 spiro atoms. The summed E-state index contributed by atoms with van der Waals surface area (Å²) in [6, 6.07) is 26.5. The fourth-order valence-electron chi connectivity index (χ4n) is 8.17. The largest absolute Gasteiger partial charge is 0.457 e. The number of fused-ring (bicyclic) bond motifs is 2. The standard InChI is InChI=1S/C47H63N4O2/c1-35-22-24-36(25-23-35)45-41(26-28-43-46(2,3)37-18-12-14-20-39(37)48(43)30-16-32-50(6,7)8)52-34-53-42(45)27-29-44-47(4,5)38-19-13-15-21-40(38)49(44)31-17-33-51(9,10)11/h12-15,18-29H,16-17,30-34H2,1-11H3/q+3. The zero-order valence-corrected chi connectivity index (χ0v) is 34.3. The summed E-state index contributed by atoms with van der Waals surface area (Å²) in [6.45, 7) is 15.8. The van der Waals surface area contributed by atoms with Gasteiger partial charge in [-0.3, -0.25) is 0 Å². The normalized spacial score (nSPS) is 19.6. The Bertz CT molecular complexity index is 1980. The second-order valence-corrected chi connectivity index (χ2v) is 18.1. The lowest BCUT2D eigenvalue weighted by Gasteiger charge is -2.29. The number of hydrogen-bond donors (Lipinski definition) is 0. The van der Waals surface area contributed by atoms with Crippen LogP contribution in [0.4, 0.5) is 11.4 Å². The van der Waals surface area contributed by atoms with Crippen LogP contribution in [0.15, 0.2) is 114 Å². The van der Waals surface area contributed by atoms with Gasteiger partial charge in [0.25, 0.3) is 0 Å². The van der Waals surface area contributed by atoms with E-state index in [9.17, 15) is 0 Å². The van der Waals surface area contributed by atoms with E-state index in [2.05, 4.69) is 183 Å². The fourth-order valence-corrected chi connectivity index (χ4v) is 8.17. The van der Waals surface area contributed by atoms with Crippen molar-refractivity contribution in [2.75, 3.05) is 80.2 Å². The van der Waals surface area contributed by atoms with E-state index in [-0.39, 0.29) is 17.6 Å². The second kappa shape index (κ2) is 14.8.